The molecule has 0 spiro atoms. The fraction of sp³-hybridized carbons (Fsp3) is 1.00. The molecule has 26 heavy (non-hydrogen) atoms. The van der Waals surface area contributed by atoms with Crippen molar-refractivity contribution in [3.8, 4) is 0 Å². The van der Waals surface area contributed by atoms with Crippen LogP contribution in [-0.2, 0) is 28.3 Å². The minimum atomic E-state index is -0.582. The van der Waals surface area contributed by atoms with Gasteiger partial charge in [0.2, 0.25) is 0 Å². The lowest BCUT2D eigenvalue weighted by molar-refractivity contribution is -0.275. The molecule has 4 atom stereocenters. The summed E-state index contributed by atoms with van der Waals surface area (Å²) in [5.41, 5.74) is -0.408. The molecule has 6 fully saturated rings. The Morgan fingerprint density at radius 2 is 1.38 bits per heavy atom. The molecule has 3 saturated carbocycles. The third kappa shape index (κ3) is 2.10. The average molecular weight is 366 g/mol. The highest BCUT2D eigenvalue weighted by atomic mass is 16.8. The zero-order chi connectivity index (χ0) is 18.8. The highest BCUT2D eigenvalue weighted by Gasteiger charge is 2.81. The van der Waals surface area contributed by atoms with Crippen molar-refractivity contribution in [3.05, 3.63) is 0 Å². The lowest BCUT2D eigenvalue weighted by atomic mass is 9.23. The van der Waals surface area contributed by atoms with Gasteiger partial charge in [-0.3, -0.25) is 0 Å². The summed E-state index contributed by atoms with van der Waals surface area (Å²) < 4.78 is 36.7. The van der Waals surface area contributed by atoms with Crippen molar-refractivity contribution < 1.29 is 28.3 Å². The van der Waals surface area contributed by atoms with Gasteiger partial charge in [-0.1, -0.05) is 0 Å². The van der Waals surface area contributed by atoms with Gasteiger partial charge in [-0.25, -0.2) is 0 Å². The van der Waals surface area contributed by atoms with Crippen LogP contribution < -0.4 is 0 Å². The summed E-state index contributed by atoms with van der Waals surface area (Å²) in [7, 11) is 1.55. The maximum absolute atomic E-state index is 6.33. The molecule has 3 heterocycles. The molecule has 3 saturated heterocycles. The Labute approximate surface area is 156 Å². The van der Waals surface area contributed by atoms with Crippen LogP contribution in [0.25, 0.3) is 0 Å². The second-order valence-electron chi connectivity index (χ2n) is 10.6. The summed E-state index contributed by atoms with van der Waals surface area (Å²) in [5, 5.41) is 0.129. The monoisotopic (exact) mass is 366 g/mol. The van der Waals surface area contributed by atoms with Gasteiger partial charge in [-0.15, -0.1) is 0 Å². The second-order valence-corrected chi connectivity index (χ2v) is 10.6. The molecule has 7 heteroatoms. The van der Waals surface area contributed by atoms with Crippen LogP contribution in [0.3, 0.4) is 0 Å². The summed E-state index contributed by atoms with van der Waals surface area (Å²) in [6, 6.07) is 0. The van der Waals surface area contributed by atoms with Gasteiger partial charge < -0.3 is 28.3 Å². The van der Waals surface area contributed by atoms with E-state index in [1.807, 2.05) is 13.8 Å². The number of hydrogen-bond donors (Lipinski definition) is 0. The van der Waals surface area contributed by atoms with E-state index in [9.17, 15) is 0 Å². The normalized spacial score (nSPS) is 52.5. The molecule has 0 N–H and O–H groups in total. The van der Waals surface area contributed by atoms with E-state index in [1.165, 1.54) is 0 Å². The van der Waals surface area contributed by atoms with Crippen molar-refractivity contribution in [1.29, 1.82) is 0 Å². The number of fused-ring (bicyclic) bond motifs is 1. The summed E-state index contributed by atoms with van der Waals surface area (Å²) in [4.78, 5) is 0. The smallest absolute Gasteiger partial charge is 0.403 e. The van der Waals surface area contributed by atoms with Gasteiger partial charge in [0.15, 0.2) is 12.1 Å². The Kier molecular flexibility index (Phi) is 3.35. The van der Waals surface area contributed by atoms with Crippen molar-refractivity contribution >= 4 is 7.12 Å². The number of rotatable bonds is 3. The van der Waals surface area contributed by atoms with E-state index in [0.29, 0.717) is 0 Å². The quantitative estimate of drug-likeness (QED) is 0.716. The lowest BCUT2D eigenvalue weighted by Gasteiger charge is -2.73. The minimum absolute atomic E-state index is 0.0172. The fourth-order valence-corrected chi connectivity index (χ4v) is 5.84. The molecule has 6 aliphatic rings. The van der Waals surface area contributed by atoms with Crippen LogP contribution in [-0.4, -0.2) is 55.8 Å². The largest absolute Gasteiger partial charge is 0.464 e. The molecule has 2 bridgehead atoms. The first-order valence-corrected chi connectivity index (χ1v) is 9.82. The van der Waals surface area contributed by atoms with Crippen LogP contribution in [0.2, 0.25) is 5.31 Å². The molecule has 0 radical (unpaired) electrons. The predicted molar refractivity (Wildman–Crippen MR) is 94.6 cm³/mol. The predicted octanol–water partition coefficient (Wildman–Crippen LogP) is 2.89. The van der Waals surface area contributed by atoms with E-state index in [4.69, 9.17) is 28.3 Å². The van der Waals surface area contributed by atoms with Crippen LogP contribution in [0.1, 0.15) is 60.8 Å². The van der Waals surface area contributed by atoms with Gasteiger partial charge in [0.25, 0.3) is 0 Å². The Bertz CT molecular complexity index is 596. The average Bonchev–Trinajstić information content (AvgIpc) is 2.95. The molecule has 0 amide bonds. The topological polar surface area (TPSA) is 55.4 Å². The second kappa shape index (κ2) is 4.86. The fourth-order valence-electron chi connectivity index (χ4n) is 5.84. The molecular formula is C19H31BO6. The zero-order valence-corrected chi connectivity index (χ0v) is 17.0. The number of hydrogen-bond acceptors (Lipinski definition) is 6. The van der Waals surface area contributed by atoms with Crippen LogP contribution in [0.4, 0.5) is 0 Å². The first-order valence-electron chi connectivity index (χ1n) is 9.82. The van der Waals surface area contributed by atoms with Gasteiger partial charge >= 0.3 is 7.12 Å². The van der Waals surface area contributed by atoms with E-state index in [1.54, 1.807) is 7.11 Å². The minimum Gasteiger partial charge on any atom is -0.403 e. The van der Waals surface area contributed by atoms with Crippen molar-refractivity contribution in [3.63, 3.8) is 0 Å². The molecule has 0 unspecified atom stereocenters. The van der Waals surface area contributed by atoms with E-state index in [2.05, 4.69) is 27.7 Å². The summed E-state index contributed by atoms with van der Waals surface area (Å²) in [6.45, 7) is 12.4. The van der Waals surface area contributed by atoms with E-state index < -0.39 is 5.79 Å². The number of methoxy groups -OCH3 is 1. The maximum Gasteiger partial charge on any atom is 0.464 e. The molecule has 6 rings (SSSR count). The summed E-state index contributed by atoms with van der Waals surface area (Å²) >= 11 is 0. The standard InChI is InChI=1S/C19H31BO6/c1-15(2)16(3,4)26-20(25-15)19-8-18(9-19,10-19)13-11-12(14(21-7)22-13)24-17(5,6)23-11/h11-14H,8-10H2,1-7H3/t11-,12+,13-,14+,18?,19?/m1/s1. The molecule has 6 nitrogen and oxygen atoms in total. The Balaban J connectivity index is 1.31. The van der Waals surface area contributed by atoms with E-state index in [0.717, 1.165) is 19.3 Å². The van der Waals surface area contributed by atoms with Crippen molar-refractivity contribution in [2.24, 2.45) is 5.41 Å². The molecule has 0 aromatic carbocycles. The highest BCUT2D eigenvalue weighted by Crippen LogP contribution is 2.83. The maximum atomic E-state index is 6.33. The molecule has 0 aromatic rings. The Morgan fingerprint density at radius 3 is 1.92 bits per heavy atom. The van der Waals surface area contributed by atoms with Gasteiger partial charge in [0.1, 0.15) is 12.2 Å². The van der Waals surface area contributed by atoms with Gasteiger partial charge in [-0.2, -0.15) is 0 Å². The van der Waals surface area contributed by atoms with E-state index in [-0.39, 0.29) is 53.7 Å². The van der Waals surface area contributed by atoms with Crippen molar-refractivity contribution in [2.45, 2.75) is 108 Å². The first kappa shape index (κ1) is 17.9. The third-order valence-electron chi connectivity index (χ3n) is 7.71. The summed E-state index contributed by atoms with van der Waals surface area (Å²) in [6.07, 6.45) is 2.63. The van der Waals surface area contributed by atoms with Gasteiger partial charge in [0.05, 0.1) is 17.3 Å². The van der Waals surface area contributed by atoms with Crippen LogP contribution in [0, 0.1) is 5.41 Å². The Morgan fingerprint density at radius 1 is 0.846 bits per heavy atom. The highest BCUT2D eigenvalue weighted by molar-refractivity contribution is 6.51. The zero-order valence-electron chi connectivity index (χ0n) is 17.0. The summed E-state index contributed by atoms with van der Waals surface area (Å²) in [5.74, 6) is -0.582. The number of ether oxygens (including phenoxy) is 4. The van der Waals surface area contributed by atoms with Crippen molar-refractivity contribution in [1.82, 2.24) is 0 Å². The lowest BCUT2D eigenvalue weighted by Crippen LogP contribution is -2.70. The first-order chi connectivity index (χ1) is 11.9. The van der Waals surface area contributed by atoms with Crippen LogP contribution in [0.15, 0.2) is 0 Å². The molecule has 3 aliphatic carbocycles. The SMILES string of the molecule is CO[C@H]1O[C@@H](C23CC(B4OC(C)(C)C(C)(C)O4)(C2)C3)[C@@H]2OC(C)(C)O[C@H]12. The van der Waals surface area contributed by atoms with Crippen LogP contribution in [0.5, 0.6) is 0 Å². The Hall–Kier alpha value is -0.175. The molecule has 146 valence electrons. The van der Waals surface area contributed by atoms with Crippen molar-refractivity contribution in [2.75, 3.05) is 7.11 Å². The van der Waals surface area contributed by atoms with Crippen LogP contribution >= 0.6 is 0 Å². The van der Waals surface area contributed by atoms with Gasteiger partial charge in [0, 0.05) is 12.4 Å². The van der Waals surface area contributed by atoms with Gasteiger partial charge in [-0.05, 0) is 66.2 Å². The molecular weight excluding hydrogens is 335 g/mol. The van der Waals surface area contributed by atoms with E-state index >= 15 is 0 Å². The third-order valence-corrected chi connectivity index (χ3v) is 7.71. The molecule has 0 aromatic heterocycles. The molecule has 3 aliphatic heterocycles.